The van der Waals surface area contributed by atoms with E-state index in [1.54, 1.807) is 0 Å². The van der Waals surface area contributed by atoms with Crippen molar-refractivity contribution < 1.29 is 10.0 Å². The summed E-state index contributed by atoms with van der Waals surface area (Å²) >= 11 is 0. The molecule has 0 aromatic heterocycles. The van der Waals surface area contributed by atoms with Crippen molar-refractivity contribution in [3.8, 4) is 0 Å². The van der Waals surface area contributed by atoms with Crippen LogP contribution in [0.25, 0.3) is 0 Å². The smallest absolute Gasteiger partial charge is 0.0590 e. The zero-order valence-electron chi connectivity index (χ0n) is 2.71. The quantitative estimate of drug-likeness (QED) is 0.439. The van der Waals surface area contributed by atoms with E-state index in [1.807, 2.05) is 0 Å². The largest absolute Gasteiger partial charge is 0.738 e. The van der Waals surface area contributed by atoms with E-state index >= 15 is 0 Å². The monoisotopic (exact) mass is 78.0 g/mol. The Bertz CT molecular complexity index is 20.9. The van der Waals surface area contributed by atoms with Crippen molar-refractivity contribution in [1.82, 2.24) is 5.39 Å². The maximum atomic E-state index is 9.06. The fraction of sp³-hybridized carbons (Fsp3) is 1.00. The van der Waals surface area contributed by atoms with Crippen LogP contribution in [0.1, 0.15) is 0 Å². The molecule has 0 aliphatic heterocycles. The zero-order chi connectivity index (χ0) is 4.28. The highest BCUT2D eigenvalue weighted by molar-refractivity contribution is 4.06. The lowest BCUT2D eigenvalue weighted by molar-refractivity contribution is -0.288. The normalized spacial score (nSPS) is 9.60. The highest BCUT2D eigenvalue weighted by Crippen LogP contribution is 1.66. The molecule has 0 heterocycles. The van der Waals surface area contributed by atoms with Gasteiger partial charge in [0.25, 0.3) is 0 Å². The van der Waals surface area contributed by atoms with Gasteiger partial charge in [-0.3, -0.25) is 4.84 Å². The van der Waals surface area contributed by atoms with Crippen LogP contribution in [-0.2, 0) is 4.84 Å². The molecule has 32 valence electrons. The first-order valence-corrected chi connectivity index (χ1v) is 0.973. The maximum Gasteiger partial charge on any atom is 0.0590 e. The van der Waals surface area contributed by atoms with E-state index in [2.05, 4.69) is 4.84 Å². The van der Waals surface area contributed by atoms with E-state index in [-0.39, 0.29) is 0 Å². The number of rotatable bonds is 1. The molecular formula is CH4NO3-. The molecule has 0 aromatic rings. The molecule has 0 unspecified atom stereocenters. The Morgan fingerprint density at radius 2 is 2.20 bits per heavy atom. The fourth-order valence-electron chi connectivity index (χ4n) is 0. The van der Waals surface area contributed by atoms with Gasteiger partial charge in [-0.15, -0.1) is 5.39 Å². The van der Waals surface area contributed by atoms with Gasteiger partial charge in [-0.25, -0.2) is 0 Å². The Labute approximate surface area is 29.1 Å². The molecule has 0 spiro atoms. The van der Waals surface area contributed by atoms with E-state index in [0.717, 1.165) is 7.11 Å². The molecule has 0 saturated heterocycles. The number of hydrogen-bond donors (Lipinski definition) is 1. The summed E-state index contributed by atoms with van der Waals surface area (Å²) in [6.45, 7) is 0. The Hall–Kier alpha value is -0.160. The highest BCUT2D eigenvalue weighted by atomic mass is 17.1. The second-order valence-electron chi connectivity index (χ2n) is 0.420. The summed E-state index contributed by atoms with van der Waals surface area (Å²) in [5.74, 6) is 0. The van der Waals surface area contributed by atoms with Crippen LogP contribution in [0, 0.1) is 5.21 Å². The van der Waals surface area contributed by atoms with Crippen molar-refractivity contribution in [2.75, 3.05) is 7.11 Å². The summed E-state index contributed by atoms with van der Waals surface area (Å²) in [6, 6.07) is 0. The second kappa shape index (κ2) is 2.10. The second-order valence-corrected chi connectivity index (χ2v) is 0.420. The SMILES string of the molecule is CON([O-])O. The minimum absolute atomic E-state index is 0.625. The molecule has 0 radical (unpaired) electrons. The maximum absolute atomic E-state index is 9.06. The van der Waals surface area contributed by atoms with Crippen LogP contribution in [-0.4, -0.2) is 17.7 Å². The third-order valence-electron chi connectivity index (χ3n) is 0.156. The first-order chi connectivity index (χ1) is 2.27. The van der Waals surface area contributed by atoms with Gasteiger partial charge in [0.15, 0.2) is 0 Å². The van der Waals surface area contributed by atoms with Gasteiger partial charge in [-0.2, -0.15) is 0 Å². The van der Waals surface area contributed by atoms with Gasteiger partial charge in [-0.05, 0) is 0 Å². The van der Waals surface area contributed by atoms with Gasteiger partial charge < -0.3 is 10.4 Å². The van der Waals surface area contributed by atoms with E-state index in [9.17, 15) is 0 Å². The Morgan fingerprint density at radius 3 is 2.20 bits per heavy atom. The molecule has 0 aliphatic carbocycles. The molecule has 0 saturated carbocycles. The van der Waals surface area contributed by atoms with Gasteiger partial charge in [-0.1, -0.05) is 0 Å². The van der Waals surface area contributed by atoms with Gasteiger partial charge in [0.05, 0.1) is 7.11 Å². The predicted molar refractivity (Wildman–Crippen MR) is 14.0 cm³/mol. The van der Waals surface area contributed by atoms with Crippen molar-refractivity contribution in [1.29, 1.82) is 0 Å². The topological polar surface area (TPSA) is 55.8 Å². The average Bonchev–Trinajstić information content (AvgIpc) is 1.38. The minimum atomic E-state index is -0.625. The average molecular weight is 78.0 g/mol. The zero-order valence-corrected chi connectivity index (χ0v) is 2.71. The molecule has 0 rings (SSSR count). The fourth-order valence-corrected chi connectivity index (χ4v) is 0. The highest BCUT2D eigenvalue weighted by Gasteiger charge is 1.61. The molecule has 0 bridgehead atoms. The van der Waals surface area contributed by atoms with Gasteiger partial charge in [0.2, 0.25) is 0 Å². The lowest BCUT2D eigenvalue weighted by Crippen LogP contribution is -2.05. The van der Waals surface area contributed by atoms with Crippen LogP contribution in [0.4, 0.5) is 0 Å². The van der Waals surface area contributed by atoms with Crippen LogP contribution >= 0.6 is 0 Å². The van der Waals surface area contributed by atoms with Crippen LogP contribution < -0.4 is 0 Å². The third kappa shape index (κ3) is 3.84. The Morgan fingerprint density at radius 1 is 2.00 bits per heavy atom. The van der Waals surface area contributed by atoms with Crippen molar-refractivity contribution in [2.24, 2.45) is 0 Å². The predicted octanol–water partition coefficient (Wildman–Crippen LogP) is -0.263. The number of hydrogen-bond acceptors (Lipinski definition) is 4. The van der Waals surface area contributed by atoms with Gasteiger partial charge in [0.1, 0.15) is 0 Å². The van der Waals surface area contributed by atoms with E-state index < -0.39 is 5.39 Å². The summed E-state index contributed by atoms with van der Waals surface area (Å²) in [7, 11) is 1.06. The summed E-state index contributed by atoms with van der Waals surface area (Å²) in [6.07, 6.45) is 0. The third-order valence-corrected chi connectivity index (χ3v) is 0.156. The summed E-state index contributed by atoms with van der Waals surface area (Å²) < 4.78 is 0. The van der Waals surface area contributed by atoms with Crippen molar-refractivity contribution in [3.63, 3.8) is 0 Å². The summed E-state index contributed by atoms with van der Waals surface area (Å²) in [5, 5.41) is 15.9. The van der Waals surface area contributed by atoms with Crippen molar-refractivity contribution in [3.05, 3.63) is 5.21 Å². The Kier molecular flexibility index (Phi) is 2.03. The van der Waals surface area contributed by atoms with Crippen LogP contribution in [0.3, 0.4) is 0 Å². The first kappa shape index (κ1) is 4.84. The van der Waals surface area contributed by atoms with E-state index in [1.165, 1.54) is 0 Å². The van der Waals surface area contributed by atoms with Gasteiger partial charge in [0, 0.05) is 0 Å². The minimum Gasteiger partial charge on any atom is -0.738 e. The number of nitrogens with zero attached hydrogens (tertiary/aromatic N) is 1. The molecule has 1 N–H and O–H groups in total. The lowest BCUT2D eigenvalue weighted by Gasteiger charge is -2.13. The molecular weight excluding hydrogens is 74.0 g/mol. The lowest BCUT2D eigenvalue weighted by atomic mass is 11.7. The molecule has 0 aromatic carbocycles. The molecule has 0 atom stereocenters. The van der Waals surface area contributed by atoms with E-state index in [4.69, 9.17) is 10.4 Å². The molecule has 0 fully saturated rings. The van der Waals surface area contributed by atoms with Gasteiger partial charge >= 0.3 is 0 Å². The summed E-state index contributed by atoms with van der Waals surface area (Å²) in [5.41, 5.74) is 0. The van der Waals surface area contributed by atoms with E-state index in [0.29, 0.717) is 0 Å². The summed E-state index contributed by atoms with van der Waals surface area (Å²) in [4.78, 5) is 3.58. The first-order valence-electron chi connectivity index (χ1n) is 0.973. The molecule has 4 nitrogen and oxygen atoms in total. The molecule has 4 heteroatoms. The Balaban J connectivity index is 2.54. The van der Waals surface area contributed by atoms with Crippen LogP contribution in [0.2, 0.25) is 0 Å². The van der Waals surface area contributed by atoms with Crippen molar-refractivity contribution >= 4 is 0 Å². The van der Waals surface area contributed by atoms with Crippen molar-refractivity contribution in [2.45, 2.75) is 0 Å². The van der Waals surface area contributed by atoms with Crippen LogP contribution in [0.5, 0.6) is 0 Å². The molecule has 5 heavy (non-hydrogen) atoms. The molecule has 0 amide bonds. The standard InChI is InChI=1S/CH4NO3/c1-5-2(3)4/h3H,1H3/q-1. The van der Waals surface area contributed by atoms with Crippen LogP contribution in [0.15, 0.2) is 0 Å². The molecule has 0 aliphatic rings.